The zero-order valence-corrected chi connectivity index (χ0v) is 11.5. The maximum atomic E-state index is 3.45. The minimum absolute atomic E-state index is 0.782. The van der Waals surface area contributed by atoms with E-state index in [9.17, 15) is 0 Å². The Balaban J connectivity index is 0.000000442. The van der Waals surface area contributed by atoms with Crippen molar-refractivity contribution < 1.29 is 0 Å². The van der Waals surface area contributed by atoms with Crippen LogP contribution < -0.4 is 5.32 Å². The summed E-state index contributed by atoms with van der Waals surface area (Å²) >= 11 is 0. The molecule has 1 aliphatic heterocycles. The highest BCUT2D eigenvalue weighted by molar-refractivity contribution is 4.90. The van der Waals surface area contributed by atoms with Crippen molar-refractivity contribution in [2.45, 2.75) is 66.7 Å². The molecule has 2 aliphatic rings. The van der Waals surface area contributed by atoms with Crippen LogP contribution in [0.5, 0.6) is 0 Å². The van der Waals surface area contributed by atoms with Crippen molar-refractivity contribution in [1.29, 1.82) is 0 Å². The van der Waals surface area contributed by atoms with Gasteiger partial charge in [-0.3, -0.25) is 0 Å². The van der Waals surface area contributed by atoms with E-state index in [1.165, 1.54) is 45.2 Å². The molecular weight excluding hydrogens is 182 g/mol. The monoisotopic (exact) mass is 213 g/mol. The van der Waals surface area contributed by atoms with Crippen molar-refractivity contribution in [3.05, 3.63) is 0 Å². The van der Waals surface area contributed by atoms with Gasteiger partial charge in [0, 0.05) is 0 Å². The summed E-state index contributed by atoms with van der Waals surface area (Å²) in [7, 11) is 0. The van der Waals surface area contributed by atoms with Gasteiger partial charge in [0.05, 0.1) is 0 Å². The highest BCUT2D eigenvalue weighted by Gasteiger charge is 2.37. The van der Waals surface area contributed by atoms with Crippen LogP contribution >= 0.6 is 0 Å². The molecule has 92 valence electrons. The molecule has 15 heavy (non-hydrogen) atoms. The molecule has 0 radical (unpaired) electrons. The Morgan fingerprint density at radius 1 is 0.933 bits per heavy atom. The largest absolute Gasteiger partial charge is 0.317 e. The van der Waals surface area contributed by atoms with Crippen molar-refractivity contribution >= 4 is 0 Å². The maximum Gasteiger partial charge on any atom is -0.00436 e. The Bertz CT molecular complexity index is 131. The predicted octanol–water partition coefficient (Wildman–Crippen LogP) is 4.23. The third-order valence-corrected chi connectivity index (χ3v) is 3.61. The van der Waals surface area contributed by atoms with Crippen LogP contribution in [-0.2, 0) is 0 Å². The van der Waals surface area contributed by atoms with Gasteiger partial charge < -0.3 is 5.32 Å². The minimum atomic E-state index is 0.782. The molecule has 1 heteroatoms. The van der Waals surface area contributed by atoms with Crippen LogP contribution in [0.1, 0.15) is 66.7 Å². The summed E-state index contributed by atoms with van der Waals surface area (Å²) in [6.07, 6.45) is 7.39. The lowest BCUT2D eigenvalue weighted by Crippen LogP contribution is -2.34. The third kappa shape index (κ3) is 4.55. The number of hydrogen-bond acceptors (Lipinski definition) is 1. The molecule has 1 unspecified atom stereocenters. The Labute approximate surface area is 97.0 Å². The second-order valence-corrected chi connectivity index (χ2v) is 4.60. The molecule has 0 amide bonds. The Morgan fingerprint density at radius 2 is 1.47 bits per heavy atom. The molecule has 0 bridgehead atoms. The quantitative estimate of drug-likeness (QED) is 0.635. The van der Waals surface area contributed by atoms with Gasteiger partial charge in [-0.05, 0) is 50.1 Å². The van der Waals surface area contributed by atoms with E-state index in [2.05, 4.69) is 12.2 Å². The maximum absolute atomic E-state index is 3.45. The average Bonchev–Trinajstić information content (AvgIpc) is 2.66. The van der Waals surface area contributed by atoms with Crippen molar-refractivity contribution in [2.24, 2.45) is 11.3 Å². The highest BCUT2D eigenvalue weighted by Crippen LogP contribution is 2.47. The Kier molecular flexibility index (Phi) is 8.13. The summed E-state index contributed by atoms with van der Waals surface area (Å²) in [6.45, 7) is 13.0. The number of piperidine rings is 1. The van der Waals surface area contributed by atoms with Crippen molar-refractivity contribution in [2.75, 3.05) is 13.1 Å². The first-order valence-electron chi connectivity index (χ1n) is 7.02. The number of rotatable bonds is 0. The van der Waals surface area contributed by atoms with Crippen molar-refractivity contribution in [3.8, 4) is 0 Å². The van der Waals surface area contributed by atoms with Gasteiger partial charge in [-0.15, -0.1) is 0 Å². The molecule has 2 fully saturated rings. The van der Waals surface area contributed by atoms with Crippen molar-refractivity contribution in [1.82, 2.24) is 5.32 Å². The normalized spacial score (nSPS) is 27.4. The Hall–Kier alpha value is -0.0400. The van der Waals surface area contributed by atoms with Crippen molar-refractivity contribution in [3.63, 3.8) is 0 Å². The van der Waals surface area contributed by atoms with E-state index in [1.54, 1.807) is 0 Å². The molecular formula is C14H31N. The van der Waals surface area contributed by atoms with Gasteiger partial charge in [0.25, 0.3) is 0 Å². The van der Waals surface area contributed by atoms with Crippen LogP contribution in [-0.4, -0.2) is 13.1 Å². The van der Waals surface area contributed by atoms with E-state index in [0.717, 1.165) is 11.3 Å². The molecule has 1 saturated carbocycles. The standard InChI is InChI=1S/C10H19N.2C2H6/c1-9-2-3-10(8-9)4-6-11-7-5-10;2*1-2/h9,11H,2-8H2,1H3;2*1-2H3. The van der Waals surface area contributed by atoms with Crippen LogP contribution in [0.4, 0.5) is 0 Å². The second kappa shape index (κ2) is 8.15. The summed E-state index contributed by atoms with van der Waals surface area (Å²) in [5.41, 5.74) is 0.782. The summed E-state index contributed by atoms with van der Waals surface area (Å²) in [5, 5.41) is 3.45. The van der Waals surface area contributed by atoms with Gasteiger partial charge in [-0.1, -0.05) is 41.0 Å². The molecule has 1 heterocycles. The van der Waals surface area contributed by atoms with E-state index in [0.29, 0.717) is 0 Å². The van der Waals surface area contributed by atoms with E-state index in [4.69, 9.17) is 0 Å². The molecule has 0 aromatic heterocycles. The molecule has 0 aromatic rings. The zero-order valence-electron chi connectivity index (χ0n) is 11.5. The van der Waals surface area contributed by atoms with Gasteiger partial charge in [0.2, 0.25) is 0 Å². The van der Waals surface area contributed by atoms with Crippen LogP contribution in [0.2, 0.25) is 0 Å². The third-order valence-electron chi connectivity index (χ3n) is 3.61. The highest BCUT2D eigenvalue weighted by atomic mass is 14.9. The fraction of sp³-hybridized carbons (Fsp3) is 1.00. The van der Waals surface area contributed by atoms with E-state index >= 15 is 0 Å². The number of hydrogen-bond donors (Lipinski definition) is 1. The van der Waals surface area contributed by atoms with Gasteiger partial charge in [0.15, 0.2) is 0 Å². The lowest BCUT2D eigenvalue weighted by Gasteiger charge is -2.33. The van der Waals surface area contributed by atoms with E-state index < -0.39 is 0 Å². The zero-order chi connectivity index (χ0) is 11.7. The van der Waals surface area contributed by atoms with Gasteiger partial charge in [-0.2, -0.15) is 0 Å². The molecule has 1 saturated heterocycles. The predicted molar refractivity (Wildman–Crippen MR) is 70.2 cm³/mol. The fourth-order valence-corrected chi connectivity index (χ4v) is 2.91. The average molecular weight is 213 g/mol. The van der Waals surface area contributed by atoms with Crippen LogP contribution in [0.15, 0.2) is 0 Å². The van der Waals surface area contributed by atoms with Gasteiger partial charge in [0.1, 0.15) is 0 Å². The lowest BCUT2D eigenvalue weighted by atomic mass is 9.77. The summed E-state index contributed by atoms with van der Waals surface area (Å²) in [6, 6.07) is 0. The topological polar surface area (TPSA) is 12.0 Å². The first-order valence-corrected chi connectivity index (χ1v) is 7.02. The molecule has 1 spiro atoms. The lowest BCUT2D eigenvalue weighted by molar-refractivity contribution is 0.203. The van der Waals surface area contributed by atoms with Gasteiger partial charge in [-0.25, -0.2) is 0 Å². The molecule has 1 atom stereocenters. The molecule has 0 aromatic carbocycles. The molecule has 1 aliphatic carbocycles. The SMILES string of the molecule is CC.CC.CC1CCC2(CCNCC2)C1. The summed E-state index contributed by atoms with van der Waals surface area (Å²) in [4.78, 5) is 0. The first kappa shape index (κ1) is 15.0. The summed E-state index contributed by atoms with van der Waals surface area (Å²) in [5.74, 6) is 1.01. The summed E-state index contributed by atoms with van der Waals surface area (Å²) < 4.78 is 0. The fourth-order valence-electron chi connectivity index (χ4n) is 2.91. The minimum Gasteiger partial charge on any atom is -0.317 e. The Morgan fingerprint density at radius 3 is 1.87 bits per heavy atom. The van der Waals surface area contributed by atoms with E-state index in [1.807, 2.05) is 27.7 Å². The molecule has 1 N–H and O–H groups in total. The molecule has 2 rings (SSSR count). The van der Waals surface area contributed by atoms with Crippen LogP contribution in [0.3, 0.4) is 0 Å². The van der Waals surface area contributed by atoms with Crippen LogP contribution in [0, 0.1) is 11.3 Å². The first-order chi connectivity index (χ1) is 7.31. The van der Waals surface area contributed by atoms with E-state index in [-0.39, 0.29) is 0 Å². The number of nitrogens with one attached hydrogen (secondary N) is 1. The smallest absolute Gasteiger partial charge is 0.00436 e. The second-order valence-electron chi connectivity index (χ2n) is 4.60. The molecule has 1 nitrogen and oxygen atoms in total. The van der Waals surface area contributed by atoms with Gasteiger partial charge >= 0.3 is 0 Å². The van der Waals surface area contributed by atoms with Crippen LogP contribution in [0.25, 0.3) is 0 Å².